The zero-order chi connectivity index (χ0) is 12.8. The van der Waals surface area contributed by atoms with Crippen molar-refractivity contribution in [2.45, 2.75) is 6.92 Å². The molecule has 6 heteroatoms. The first-order valence-corrected chi connectivity index (χ1v) is 5.10. The van der Waals surface area contributed by atoms with E-state index in [-0.39, 0.29) is 18.8 Å². The van der Waals surface area contributed by atoms with Crippen LogP contribution in [0.25, 0.3) is 0 Å². The summed E-state index contributed by atoms with van der Waals surface area (Å²) in [6.07, 6.45) is 0. The lowest BCUT2D eigenvalue weighted by molar-refractivity contribution is 0.107. The number of nitrogen functional groups attached to an aromatic ring is 1. The number of hydrogen-bond donors (Lipinski definition) is 2. The van der Waals surface area contributed by atoms with Crippen molar-refractivity contribution < 1.29 is 18.3 Å². The lowest BCUT2D eigenvalue weighted by atomic mass is 10.2. The Hall–Kier alpha value is -1.69. The maximum atomic E-state index is 13.4. The van der Waals surface area contributed by atoms with Crippen molar-refractivity contribution in [2.75, 3.05) is 19.8 Å². The van der Waals surface area contributed by atoms with Crippen LogP contribution < -0.4 is 10.5 Å². The summed E-state index contributed by atoms with van der Waals surface area (Å²) in [4.78, 5) is 0. The van der Waals surface area contributed by atoms with Gasteiger partial charge in [-0.25, -0.2) is 8.78 Å². The van der Waals surface area contributed by atoms with Crippen LogP contribution >= 0.6 is 0 Å². The summed E-state index contributed by atoms with van der Waals surface area (Å²) in [6.45, 7) is 2.63. The molecule has 0 radical (unpaired) electrons. The summed E-state index contributed by atoms with van der Waals surface area (Å²) in [5, 5.41) is 7.08. The van der Waals surface area contributed by atoms with E-state index in [1.165, 1.54) is 0 Å². The van der Waals surface area contributed by atoms with Crippen LogP contribution in [-0.2, 0) is 4.74 Å². The monoisotopic (exact) mass is 244 g/mol. The van der Waals surface area contributed by atoms with E-state index in [4.69, 9.17) is 20.6 Å². The third-order valence-corrected chi connectivity index (χ3v) is 1.99. The summed E-state index contributed by atoms with van der Waals surface area (Å²) >= 11 is 0. The third kappa shape index (κ3) is 3.67. The Labute approximate surface area is 97.8 Å². The van der Waals surface area contributed by atoms with Crippen LogP contribution in [0.3, 0.4) is 0 Å². The third-order valence-electron chi connectivity index (χ3n) is 1.99. The van der Waals surface area contributed by atoms with Crippen molar-refractivity contribution in [1.29, 1.82) is 5.41 Å². The van der Waals surface area contributed by atoms with Crippen LogP contribution in [0.15, 0.2) is 12.1 Å². The Kier molecular flexibility index (Phi) is 4.84. The van der Waals surface area contributed by atoms with Crippen molar-refractivity contribution in [3.05, 3.63) is 29.3 Å². The minimum atomic E-state index is -0.883. The van der Waals surface area contributed by atoms with Crippen LogP contribution in [0, 0.1) is 17.0 Å². The second-order valence-electron chi connectivity index (χ2n) is 3.23. The summed E-state index contributed by atoms with van der Waals surface area (Å²) in [6, 6.07) is 1.92. The van der Waals surface area contributed by atoms with Gasteiger partial charge in [0.2, 0.25) is 0 Å². The van der Waals surface area contributed by atoms with E-state index in [1.807, 2.05) is 6.92 Å². The fourth-order valence-corrected chi connectivity index (χ4v) is 1.20. The maximum Gasteiger partial charge on any atom is 0.190 e. The summed E-state index contributed by atoms with van der Waals surface area (Å²) < 4.78 is 36.7. The number of nitrogens with two attached hydrogens (primary N) is 1. The van der Waals surface area contributed by atoms with Crippen LogP contribution in [0.5, 0.6) is 5.75 Å². The fourth-order valence-electron chi connectivity index (χ4n) is 1.20. The summed E-state index contributed by atoms with van der Waals surface area (Å²) in [7, 11) is 0. The predicted molar refractivity (Wildman–Crippen MR) is 59.4 cm³/mol. The summed E-state index contributed by atoms with van der Waals surface area (Å²) in [5.74, 6) is -2.64. The molecule has 0 bridgehead atoms. The van der Waals surface area contributed by atoms with Crippen molar-refractivity contribution in [3.63, 3.8) is 0 Å². The number of nitrogens with one attached hydrogen (secondary N) is 1. The highest BCUT2D eigenvalue weighted by Gasteiger charge is 2.13. The molecule has 0 aliphatic heterocycles. The van der Waals surface area contributed by atoms with Gasteiger partial charge < -0.3 is 15.2 Å². The Morgan fingerprint density at radius 3 is 2.35 bits per heavy atom. The van der Waals surface area contributed by atoms with Gasteiger partial charge in [0.25, 0.3) is 0 Å². The lowest BCUT2D eigenvalue weighted by Crippen LogP contribution is -2.13. The molecule has 0 unspecified atom stereocenters. The van der Waals surface area contributed by atoms with Gasteiger partial charge in [-0.05, 0) is 19.1 Å². The van der Waals surface area contributed by atoms with Crippen LogP contribution in [0.4, 0.5) is 8.78 Å². The molecule has 1 rings (SSSR count). The standard InChI is InChI=1S/C11H14F2N2O2/c1-2-16-3-4-17-10-8(12)5-7(11(14)15)6-9(10)13/h5-6H,2-4H2,1H3,(H3,14,15). The van der Waals surface area contributed by atoms with E-state index in [0.29, 0.717) is 6.61 Å². The Balaban J connectivity index is 2.76. The van der Waals surface area contributed by atoms with E-state index in [0.717, 1.165) is 12.1 Å². The van der Waals surface area contributed by atoms with Crippen molar-refractivity contribution in [1.82, 2.24) is 0 Å². The molecule has 0 fully saturated rings. The molecule has 0 heterocycles. The smallest absolute Gasteiger partial charge is 0.190 e. The molecule has 3 N–H and O–H groups in total. The van der Waals surface area contributed by atoms with E-state index >= 15 is 0 Å². The molecular weight excluding hydrogens is 230 g/mol. The second-order valence-corrected chi connectivity index (χ2v) is 3.23. The molecule has 94 valence electrons. The molecule has 0 aliphatic carbocycles. The number of benzene rings is 1. The molecule has 1 aromatic carbocycles. The van der Waals surface area contributed by atoms with Gasteiger partial charge in [0.15, 0.2) is 17.4 Å². The molecule has 0 aromatic heterocycles. The molecule has 0 aliphatic rings. The van der Waals surface area contributed by atoms with E-state index in [2.05, 4.69) is 0 Å². The Morgan fingerprint density at radius 2 is 1.88 bits per heavy atom. The molecule has 17 heavy (non-hydrogen) atoms. The largest absolute Gasteiger partial charge is 0.485 e. The maximum absolute atomic E-state index is 13.4. The Morgan fingerprint density at radius 1 is 1.29 bits per heavy atom. The van der Waals surface area contributed by atoms with Crippen LogP contribution in [-0.4, -0.2) is 25.7 Å². The van der Waals surface area contributed by atoms with Crippen molar-refractivity contribution >= 4 is 5.84 Å². The first kappa shape index (κ1) is 13.4. The highest BCUT2D eigenvalue weighted by Crippen LogP contribution is 2.23. The Bertz CT molecular complexity index is 387. The van der Waals surface area contributed by atoms with Gasteiger partial charge in [-0.2, -0.15) is 0 Å². The normalized spacial score (nSPS) is 10.3. The van der Waals surface area contributed by atoms with Gasteiger partial charge >= 0.3 is 0 Å². The van der Waals surface area contributed by atoms with Gasteiger partial charge in [0.1, 0.15) is 12.4 Å². The summed E-state index contributed by atoms with van der Waals surface area (Å²) in [5.41, 5.74) is 5.11. The highest BCUT2D eigenvalue weighted by atomic mass is 19.1. The molecule has 4 nitrogen and oxygen atoms in total. The van der Waals surface area contributed by atoms with Crippen LogP contribution in [0.2, 0.25) is 0 Å². The van der Waals surface area contributed by atoms with E-state index < -0.39 is 23.2 Å². The highest BCUT2D eigenvalue weighted by molar-refractivity contribution is 5.95. The number of halogens is 2. The SMILES string of the molecule is CCOCCOc1c(F)cc(C(=N)N)cc1F. The molecule has 0 amide bonds. The molecule has 0 spiro atoms. The topological polar surface area (TPSA) is 68.3 Å². The fraction of sp³-hybridized carbons (Fsp3) is 0.364. The predicted octanol–water partition coefficient (Wildman–Crippen LogP) is 1.66. The van der Waals surface area contributed by atoms with Gasteiger partial charge in [-0.3, -0.25) is 5.41 Å². The first-order chi connectivity index (χ1) is 8.06. The van der Waals surface area contributed by atoms with Crippen LogP contribution in [0.1, 0.15) is 12.5 Å². The molecule has 0 atom stereocenters. The first-order valence-electron chi connectivity index (χ1n) is 5.10. The zero-order valence-electron chi connectivity index (χ0n) is 9.43. The number of amidine groups is 1. The van der Waals surface area contributed by atoms with E-state index in [1.54, 1.807) is 0 Å². The second kappa shape index (κ2) is 6.15. The van der Waals surface area contributed by atoms with Gasteiger partial charge in [-0.1, -0.05) is 0 Å². The minimum Gasteiger partial charge on any atom is -0.485 e. The van der Waals surface area contributed by atoms with E-state index in [9.17, 15) is 8.78 Å². The quantitative estimate of drug-likeness (QED) is 0.454. The van der Waals surface area contributed by atoms with Crippen molar-refractivity contribution in [3.8, 4) is 5.75 Å². The molecule has 0 saturated carbocycles. The lowest BCUT2D eigenvalue weighted by Gasteiger charge is -2.09. The molecular formula is C11H14F2N2O2. The molecule has 1 aromatic rings. The number of rotatable bonds is 6. The number of hydrogen-bond acceptors (Lipinski definition) is 3. The average Bonchev–Trinajstić information content (AvgIpc) is 2.26. The van der Waals surface area contributed by atoms with Crippen molar-refractivity contribution in [2.24, 2.45) is 5.73 Å². The average molecular weight is 244 g/mol. The minimum absolute atomic E-state index is 0.0165. The van der Waals surface area contributed by atoms with Gasteiger partial charge in [0.05, 0.1) is 6.61 Å². The van der Waals surface area contributed by atoms with Gasteiger partial charge in [0, 0.05) is 12.2 Å². The number of ether oxygens (including phenoxy) is 2. The zero-order valence-corrected chi connectivity index (χ0v) is 9.43. The van der Waals surface area contributed by atoms with Gasteiger partial charge in [-0.15, -0.1) is 0 Å². The molecule has 0 saturated heterocycles.